The summed E-state index contributed by atoms with van der Waals surface area (Å²) in [6.07, 6.45) is -4.21. The molecule has 1 aliphatic rings. The normalized spacial score (nSPS) is 28.2. The van der Waals surface area contributed by atoms with Crippen molar-refractivity contribution in [3.05, 3.63) is 23.8 Å². The van der Waals surface area contributed by atoms with Gasteiger partial charge in [-0.15, -0.1) is 0 Å². The Morgan fingerprint density at radius 1 is 1.15 bits per heavy atom. The van der Waals surface area contributed by atoms with Crippen LogP contribution in [0.4, 0.5) is 0 Å². The lowest BCUT2D eigenvalue weighted by Crippen LogP contribution is -2.60. The van der Waals surface area contributed by atoms with Gasteiger partial charge in [-0.3, -0.25) is 4.79 Å². The van der Waals surface area contributed by atoms with E-state index in [-0.39, 0.29) is 21.0 Å². The van der Waals surface area contributed by atoms with Crippen molar-refractivity contribution in [1.82, 2.24) is 0 Å². The van der Waals surface area contributed by atoms with E-state index in [4.69, 9.17) is 18.9 Å². The molecule has 1 aromatic carbocycles. The second-order valence-electron chi connectivity index (χ2n) is 5.71. The molecule has 1 heterocycles. The minimum atomic E-state index is -1.58. The Hall–Kier alpha value is -1.44. The van der Waals surface area contributed by atoms with E-state index < -0.39 is 37.3 Å². The standard InChI is InChI=1S/C17H21IO9/c1-24-9-5-8(3-4-12(18)20)6-10(25-2)16(9)27-17-15(23)14(22)13(21)11(7-19)26-17/h3-6,11,13-15,17,19,21-23H,7H2,1-2H3/t11-,13+,14+,15-,17+/m1/s1. The highest BCUT2D eigenvalue weighted by molar-refractivity contribution is 14.1. The van der Waals surface area contributed by atoms with Crippen molar-refractivity contribution in [3.63, 3.8) is 0 Å². The average molecular weight is 496 g/mol. The quantitative estimate of drug-likeness (QED) is 0.231. The summed E-state index contributed by atoms with van der Waals surface area (Å²) < 4.78 is 21.4. The number of benzene rings is 1. The zero-order chi connectivity index (χ0) is 20.1. The molecule has 9 nitrogen and oxygen atoms in total. The molecule has 0 radical (unpaired) electrons. The van der Waals surface area contributed by atoms with Crippen LogP contribution in [0, 0.1) is 0 Å². The molecule has 5 atom stereocenters. The molecule has 0 unspecified atom stereocenters. The molecular formula is C17H21IO9. The van der Waals surface area contributed by atoms with Crippen LogP contribution in [0.1, 0.15) is 5.56 Å². The summed E-state index contributed by atoms with van der Waals surface area (Å²) in [5.41, 5.74) is 0.606. The van der Waals surface area contributed by atoms with Crippen LogP contribution in [-0.4, -0.2) is 75.7 Å². The van der Waals surface area contributed by atoms with E-state index in [0.29, 0.717) is 5.56 Å². The molecule has 0 bridgehead atoms. The molecule has 1 saturated heterocycles. The summed E-state index contributed by atoms with van der Waals surface area (Å²) in [6, 6.07) is 3.16. The molecule has 0 saturated carbocycles. The lowest BCUT2D eigenvalue weighted by molar-refractivity contribution is -0.277. The monoisotopic (exact) mass is 496 g/mol. The molecule has 1 aromatic rings. The van der Waals surface area contributed by atoms with E-state index in [1.807, 2.05) is 0 Å². The molecule has 0 aliphatic carbocycles. The third-order valence-electron chi connectivity index (χ3n) is 3.97. The molecule has 4 N–H and O–H groups in total. The first-order valence-electron chi connectivity index (χ1n) is 7.93. The minimum absolute atomic E-state index is 0.0854. The average Bonchev–Trinajstić information content (AvgIpc) is 2.66. The van der Waals surface area contributed by atoms with Gasteiger partial charge in [0.15, 0.2) is 11.5 Å². The number of aliphatic hydroxyl groups excluding tert-OH is 4. The largest absolute Gasteiger partial charge is 0.493 e. The van der Waals surface area contributed by atoms with Gasteiger partial charge in [-0.25, -0.2) is 0 Å². The van der Waals surface area contributed by atoms with Crippen LogP contribution in [-0.2, 0) is 9.53 Å². The van der Waals surface area contributed by atoms with Gasteiger partial charge in [0, 0.05) is 22.6 Å². The highest BCUT2D eigenvalue weighted by Crippen LogP contribution is 2.40. The van der Waals surface area contributed by atoms with Crippen molar-refractivity contribution in [2.24, 2.45) is 0 Å². The number of rotatable bonds is 7. The van der Waals surface area contributed by atoms with Crippen molar-refractivity contribution in [2.75, 3.05) is 20.8 Å². The third kappa shape index (κ3) is 5.09. The van der Waals surface area contributed by atoms with E-state index in [1.165, 1.54) is 20.3 Å². The van der Waals surface area contributed by atoms with Gasteiger partial charge in [0.2, 0.25) is 15.8 Å². The summed E-state index contributed by atoms with van der Waals surface area (Å²) in [6.45, 7) is -0.576. The first kappa shape index (κ1) is 21.9. The summed E-state index contributed by atoms with van der Waals surface area (Å²) in [5.74, 6) is 0.543. The molecule has 2 rings (SSSR count). The number of halogens is 1. The number of methoxy groups -OCH3 is 2. The molecule has 27 heavy (non-hydrogen) atoms. The first-order valence-corrected chi connectivity index (χ1v) is 9.01. The van der Waals surface area contributed by atoms with E-state index in [9.17, 15) is 25.2 Å². The molecule has 1 fully saturated rings. The van der Waals surface area contributed by atoms with Crippen molar-refractivity contribution in [2.45, 2.75) is 30.7 Å². The topological polar surface area (TPSA) is 135 Å². The maximum absolute atomic E-state index is 11.1. The Morgan fingerprint density at radius 2 is 1.74 bits per heavy atom. The Labute approximate surface area is 169 Å². The van der Waals surface area contributed by atoms with Crippen molar-refractivity contribution >= 4 is 32.5 Å². The third-order valence-corrected chi connectivity index (χ3v) is 4.33. The maximum atomic E-state index is 11.1. The molecule has 0 amide bonds. The lowest BCUT2D eigenvalue weighted by Gasteiger charge is -2.39. The van der Waals surface area contributed by atoms with Gasteiger partial charge in [-0.1, -0.05) is 6.08 Å². The van der Waals surface area contributed by atoms with Gasteiger partial charge in [0.25, 0.3) is 0 Å². The fourth-order valence-corrected chi connectivity index (χ4v) is 2.73. The fourth-order valence-electron chi connectivity index (χ4n) is 2.56. The van der Waals surface area contributed by atoms with Crippen LogP contribution in [0.5, 0.6) is 17.2 Å². The Kier molecular flexibility index (Phi) is 7.82. The molecule has 1 aliphatic heterocycles. The number of ether oxygens (including phenoxy) is 4. The Balaban J connectivity index is 2.35. The van der Waals surface area contributed by atoms with Crippen LogP contribution in [0.2, 0.25) is 0 Å². The number of allylic oxidation sites excluding steroid dienone is 1. The fraction of sp³-hybridized carbons (Fsp3) is 0.471. The van der Waals surface area contributed by atoms with Gasteiger partial charge in [0.1, 0.15) is 24.4 Å². The van der Waals surface area contributed by atoms with Crippen LogP contribution >= 0.6 is 22.6 Å². The van der Waals surface area contributed by atoms with Crippen molar-refractivity contribution in [3.8, 4) is 17.2 Å². The lowest BCUT2D eigenvalue weighted by atomic mass is 9.99. The minimum Gasteiger partial charge on any atom is -0.493 e. The highest BCUT2D eigenvalue weighted by Gasteiger charge is 2.45. The Bertz CT molecular complexity index is 666. The van der Waals surface area contributed by atoms with Gasteiger partial charge in [0.05, 0.1) is 20.8 Å². The number of hydrogen-bond donors (Lipinski definition) is 4. The number of carbonyl (C=O) groups excluding carboxylic acids is 1. The maximum Gasteiger partial charge on any atom is 0.229 e. The number of carbonyl (C=O) groups is 1. The Morgan fingerprint density at radius 3 is 2.22 bits per heavy atom. The first-order chi connectivity index (χ1) is 12.8. The second-order valence-corrected chi connectivity index (χ2v) is 6.77. The molecule has 0 aromatic heterocycles. The van der Waals surface area contributed by atoms with E-state index in [0.717, 1.165) is 0 Å². The van der Waals surface area contributed by atoms with E-state index >= 15 is 0 Å². The molecule has 10 heteroatoms. The summed E-state index contributed by atoms with van der Waals surface area (Å²) in [5, 5.41) is 39.1. The molecular weight excluding hydrogens is 475 g/mol. The van der Waals surface area contributed by atoms with Crippen LogP contribution in [0.3, 0.4) is 0 Å². The van der Waals surface area contributed by atoms with E-state index in [2.05, 4.69) is 0 Å². The van der Waals surface area contributed by atoms with Crippen LogP contribution in [0.15, 0.2) is 18.2 Å². The highest BCUT2D eigenvalue weighted by atomic mass is 127. The van der Waals surface area contributed by atoms with Gasteiger partial charge in [-0.2, -0.15) is 0 Å². The summed E-state index contributed by atoms with van der Waals surface area (Å²) in [7, 11) is 2.79. The SMILES string of the molecule is COc1cc(C=CC(=O)I)cc(OC)c1O[C@@H]1O[C@H](CO)[C@H](O)[C@H](O)[C@H]1O. The molecule has 150 valence electrons. The van der Waals surface area contributed by atoms with E-state index in [1.54, 1.807) is 40.8 Å². The van der Waals surface area contributed by atoms with Gasteiger partial charge >= 0.3 is 0 Å². The summed E-state index contributed by atoms with van der Waals surface area (Å²) >= 11 is 1.64. The van der Waals surface area contributed by atoms with Crippen LogP contribution < -0.4 is 14.2 Å². The van der Waals surface area contributed by atoms with Crippen LogP contribution in [0.25, 0.3) is 6.08 Å². The number of aliphatic hydroxyl groups is 4. The van der Waals surface area contributed by atoms with Crippen molar-refractivity contribution < 1.29 is 44.2 Å². The predicted molar refractivity (Wildman–Crippen MR) is 102 cm³/mol. The summed E-state index contributed by atoms with van der Waals surface area (Å²) in [4.78, 5) is 11.1. The molecule has 0 spiro atoms. The van der Waals surface area contributed by atoms with Crippen molar-refractivity contribution in [1.29, 1.82) is 0 Å². The van der Waals surface area contributed by atoms with Gasteiger partial charge in [-0.05, 0) is 23.8 Å². The zero-order valence-electron chi connectivity index (χ0n) is 14.6. The predicted octanol–water partition coefficient (Wildman–Crippen LogP) is -0.143. The smallest absolute Gasteiger partial charge is 0.229 e. The van der Waals surface area contributed by atoms with Gasteiger partial charge < -0.3 is 39.4 Å². The second kappa shape index (κ2) is 9.66. The zero-order valence-corrected chi connectivity index (χ0v) is 16.8. The number of hydrogen-bond acceptors (Lipinski definition) is 9.